The van der Waals surface area contributed by atoms with Crippen LogP contribution in [-0.2, 0) is 7.05 Å². The summed E-state index contributed by atoms with van der Waals surface area (Å²) in [5.74, 6) is 1.98. The third kappa shape index (κ3) is 2.41. The van der Waals surface area contributed by atoms with E-state index in [-0.39, 0.29) is 0 Å². The smallest absolute Gasteiger partial charge is 0.155 e. The van der Waals surface area contributed by atoms with Gasteiger partial charge in [-0.3, -0.25) is 4.68 Å². The van der Waals surface area contributed by atoms with Gasteiger partial charge in [0, 0.05) is 17.6 Å². The molecule has 0 aliphatic carbocycles. The van der Waals surface area contributed by atoms with Crippen molar-refractivity contribution in [2.24, 2.45) is 7.05 Å². The molecule has 21 heavy (non-hydrogen) atoms. The maximum atomic E-state index is 6.30. The van der Waals surface area contributed by atoms with Gasteiger partial charge in [0.2, 0.25) is 0 Å². The zero-order chi connectivity index (χ0) is 15.1. The maximum Gasteiger partial charge on any atom is 0.155 e. The van der Waals surface area contributed by atoms with Crippen LogP contribution in [0.25, 0.3) is 22.6 Å². The van der Waals surface area contributed by atoms with Gasteiger partial charge in [0.05, 0.1) is 10.6 Å². The Kier molecular flexibility index (Phi) is 3.43. The van der Waals surface area contributed by atoms with Crippen molar-refractivity contribution in [3.05, 3.63) is 46.1 Å². The number of hydrogen-bond donors (Lipinski definition) is 1. The van der Waals surface area contributed by atoms with Crippen LogP contribution in [0.1, 0.15) is 5.76 Å². The molecule has 2 aromatic heterocycles. The van der Waals surface area contributed by atoms with Crippen LogP contribution in [0.2, 0.25) is 10.0 Å². The van der Waals surface area contributed by atoms with E-state index in [1.54, 1.807) is 23.9 Å². The number of hydrogen-bond acceptors (Lipinski definition) is 3. The number of nitrogen functional groups attached to an aromatic ring is 1. The van der Waals surface area contributed by atoms with Crippen LogP contribution in [-0.4, -0.2) is 9.78 Å². The molecule has 1 aromatic carbocycles. The molecule has 3 rings (SSSR count). The molecule has 0 saturated carbocycles. The number of halogens is 2. The average Bonchev–Trinajstić information content (AvgIpc) is 2.96. The molecule has 0 unspecified atom stereocenters. The van der Waals surface area contributed by atoms with E-state index >= 15 is 0 Å². The van der Waals surface area contributed by atoms with E-state index in [4.69, 9.17) is 33.4 Å². The Hall–Kier alpha value is -1.91. The minimum Gasteiger partial charge on any atom is -0.460 e. The second kappa shape index (κ2) is 5.13. The summed E-state index contributed by atoms with van der Waals surface area (Å²) in [5, 5.41) is 5.53. The van der Waals surface area contributed by atoms with Crippen molar-refractivity contribution < 1.29 is 4.42 Å². The molecule has 0 amide bonds. The van der Waals surface area contributed by atoms with Crippen LogP contribution in [0.3, 0.4) is 0 Å². The van der Waals surface area contributed by atoms with Gasteiger partial charge in [0.15, 0.2) is 5.76 Å². The molecule has 0 aliphatic rings. The first-order valence-corrected chi connectivity index (χ1v) is 7.07. The molecular weight excluding hydrogens is 309 g/mol. The standard InChI is InChI=1S/C15H13Cl2N3O/c1-8-3-6-12(21-8)14-13(15(18)20(2)19-14)10-5-4-9(16)7-11(10)17/h3-7H,18H2,1-2H3. The zero-order valence-corrected chi connectivity index (χ0v) is 13.0. The second-order valence-electron chi connectivity index (χ2n) is 4.77. The Labute approximate surface area is 132 Å². The van der Waals surface area contributed by atoms with Crippen LogP contribution in [0.4, 0.5) is 5.82 Å². The lowest BCUT2D eigenvalue weighted by molar-refractivity contribution is 0.545. The van der Waals surface area contributed by atoms with E-state index in [0.29, 0.717) is 27.3 Å². The highest BCUT2D eigenvalue weighted by atomic mass is 35.5. The SMILES string of the molecule is Cc1ccc(-c2nn(C)c(N)c2-c2ccc(Cl)cc2Cl)o1. The summed E-state index contributed by atoms with van der Waals surface area (Å²) in [6.45, 7) is 1.88. The first kappa shape index (κ1) is 14.0. The Morgan fingerprint density at radius 3 is 2.57 bits per heavy atom. The van der Waals surface area contributed by atoms with Gasteiger partial charge >= 0.3 is 0 Å². The molecule has 2 heterocycles. The minimum atomic E-state index is 0.517. The molecule has 0 aliphatic heterocycles. The number of benzene rings is 1. The third-order valence-electron chi connectivity index (χ3n) is 3.27. The number of anilines is 1. The van der Waals surface area contributed by atoms with Gasteiger partial charge in [-0.25, -0.2) is 0 Å². The molecule has 2 N–H and O–H groups in total. The number of aromatic nitrogens is 2. The lowest BCUT2D eigenvalue weighted by Gasteiger charge is -2.06. The van der Waals surface area contributed by atoms with E-state index in [1.807, 2.05) is 25.1 Å². The maximum absolute atomic E-state index is 6.30. The van der Waals surface area contributed by atoms with Crippen molar-refractivity contribution in [2.45, 2.75) is 6.92 Å². The molecule has 0 bridgehead atoms. The number of rotatable bonds is 2. The van der Waals surface area contributed by atoms with E-state index in [1.165, 1.54) is 0 Å². The molecule has 0 fully saturated rings. The molecule has 0 saturated heterocycles. The van der Waals surface area contributed by atoms with Crippen molar-refractivity contribution in [1.29, 1.82) is 0 Å². The largest absolute Gasteiger partial charge is 0.460 e. The van der Waals surface area contributed by atoms with Gasteiger partial charge in [-0.1, -0.05) is 29.3 Å². The number of furan rings is 1. The topological polar surface area (TPSA) is 57.0 Å². The first-order chi connectivity index (χ1) is 9.97. The number of nitrogens with zero attached hydrogens (tertiary/aromatic N) is 2. The predicted octanol–water partition coefficient (Wildman–Crippen LogP) is 4.54. The lowest BCUT2D eigenvalue weighted by Crippen LogP contribution is -1.98. The fourth-order valence-corrected chi connectivity index (χ4v) is 2.73. The molecule has 4 nitrogen and oxygen atoms in total. The van der Waals surface area contributed by atoms with E-state index in [0.717, 1.165) is 16.9 Å². The third-order valence-corrected chi connectivity index (χ3v) is 3.81. The molecule has 108 valence electrons. The van der Waals surface area contributed by atoms with Gasteiger partial charge in [0.1, 0.15) is 17.3 Å². The predicted molar refractivity (Wildman–Crippen MR) is 85.5 cm³/mol. The molecule has 3 aromatic rings. The van der Waals surface area contributed by atoms with Crippen LogP contribution >= 0.6 is 23.2 Å². The van der Waals surface area contributed by atoms with Crippen molar-refractivity contribution >= 4 is 29.0 Å². The molecule has 0 atom stereocenters. The monoisotopic (exact) mass is 321 g/mol. The summed E-state index contributed by atoms with van der Waals surface area (Å²) < 4.78 is 7.27. The summed E-state index contributed by atoms with van der Waals surface area (Å²) in [6.07, 6.45) is 0. The molecule has 6 heteroatoms. The Balaban J connectivity index is 2.26. The lowest BCUT2D eigenvalue weighted by atomic mass is 10.0. The Morgan fingerprint density at radius 1 is 1.19 bits per heavy atom. The second-order valence-corrected chi connectivity index (χ2v) is 5.61. The van der Waals surface area contributed by atoms with Crippen molar-refractivity contribution in [1.82, 2.24) is 9.78 Å². The van der Waals surface area contributed by atoms with E-state index < -0.39 is 0 Å². The first-order valence-electron chi connectivity index (χ1n) is 6.32. The Bertz CT molecular complexity index is 820. The van der Waals surface area contributed by atoms with Gasteiger partial charge in [0.25, 0.3) is 0 Å². The van der Waals surface area contributed by atoms with Crippen molar-refractivity contribution in [3.8, 4) is 22.6 Å². The number of nitrogens with two attached hydrogens (primary N) is 1. The van der Waals surface area contributed by atoms with Crippen molar-refractivity contribution in [2.75, 3.05) is 5.73 Å². The zero-order valence-electron chi connectivity index (χ0n) is 11.5. The summed E-state index contributed by atoms with van der Waals surface area (Å²) >= 11 is 12.3. The van der Waals surface area contributed by atoms with E-state index in [2.05, 4.69) is 5.10 Å². The van der Waals surface area contributed by atoms with Crippen LogP contribution in [0.5, 0.6) is 0 Å². The highest BCUT2D eigenvalue weighted by Crippen LogP contribution is 2.40. The summed E-state index contributed by atoms with van der Waals surface area (Å²) in [5.41, 5.74) is 8.33. The normalized spacial score (nSPS) is 11.0. The highest BCUT2D eigenvalue weighted by molar-refractivity contribution is 6.36. The minimum absolute atomic E-state index is 0.517. The summed E-state index contributed by atoms with van der Waals surface area (Å²) in [4.78, 5) is 0. The molecular formula is C15H13Cl2N3O. The van der Waals surface area contributed by atoms with Gasteiger partial charge in [-0.15, -0.1) is 0 Å². The van der Waals surface area contributed by atoms with Gasteiger partial charge in [-0.2, -0.15) is 5.10 Å². The molecule has 0 radical (unpaired) electrons. The molecule has 0 spiro atoms. The van der Waals surface area contributed by atoms with E-state index in [9.17, 15) is 0 Å². The fraction of sp³-hybridized carbons (Fsp3) is 0.133. The average molecular weight is 322 g/mol. The quantitative estimate of drug-likeness (QED) is 0.753. The van der Waals surface area contributed by atoms with Crippen molar-refractivity contribution in [3.63, 3.8) is 0 Å². The number of aryl methyl sites for hydroxylation is 2. The summed E-state index contributed by atoms with van der Waals surface area (Å²) in [6, 6.07) is 9.03. The highest BCUT2D eigenvalue weighted by Gasteiger charge is 2.21. The van der Waals surface area contributed by atoms with Crippen LogP contribution in [0, 0.1) is 6.92 Å². The van der Waals surface area contributed by atoms with Gasteiger partial charge < -0.3 is 10.2 Å². The van der Waals surface area contributed by atoms with Gasteiger partial charge in [-0.05, 0) is 31.2 Å². The van der Waals surface area contributed by atoms with Crippen LogP contribution < -0.4 is 5.73 Å². The summed E-state index contributed by atoms with van der Waals surface area (Å²) in [7, 11) is 1.78. The van der Waals surface area contributed by atoms with Crippen LogP contribution in [0.15, 0.2) is 34.7 Å². The fourth-order valence-electron chi connectivity index (χ4n) is 2.23. The Morgan fingerprint density at radius 2 is 1.95 bits per heavy atom.